The van der Waals surface area contributed by atoms with Crippen LogP contribution in [0.5, 0.6) is 0 Å². The molecule has 0 bridgehead atoms. The smallest absolute Gasteiger partial charge is 0.333 e. The zero-order valence-corrected chi connectivity index (χ0v) is 40.1. The molecule has 2 aromatic heterocycles. The molecule has 13 rings (SSSR count). The van der Waals surface area contributed by atoms with E-state index in [1.807, 2.05) is 0 Å². The van der Waals surface area contributed by atoms with Gasteiger partial charge in [-0.1, -0.05) is 168 Å². The fourth-order valence-corrected chi connectivity index (χ4v) is 12.1. The first-order valence-corrected chi connectivity index (χ1v) is 23.9. The van der Waals surface area contributed by atoms with Crippen LogP contribution in [0.3, 0.4) is 0 Å². The van der Waals surface area contributed by atoms with Gasteiger partial charge in [0, 0.05) is 48.9 Å². The summed E-state index contributed by atoms with van der Waals surface area (Å²) in [4.78, 5) is 0. The maximum Gasteiger partial charge on any atom is 0.333 e. The molecule has 9 aromatic carbocycles. The zero-order valence-electron chi connectivity index (χ0n) is 40.1. The molecule has 0 amide bonds. The van der Waals surface area contributed by atoms with Crippen molar-refractivity contribution in [2.75, 3.05) is 0 Å². The van der Waals surface area contributed by atoms with Crippen LogP contribution in [0.25, 0.3) is 104 Å². The molecule has 0 aliphatic carbocycles. The summed E-state index contributed by atoms with van der Waals surface area (Å²) in [6, 6.07) is 50.8. The van der Waals surface area contributed by atoms with Crippen molar-refractivity contribution in [1.82, 2.24) is 9.05 Å². The standard InChI is InChI=1S/C62H57BN2/c1-59(2,3)38-20-24-50-44(30-38)47-32-41(62(10,11)12)33-49-57(47)64(50)58-43-23-19-36-27-40(61(7,8)9)26-35-18-22-42(53(43)52(35)36)54-48-29-37(34-16-14-13-15-17-34)28-46-45-31-39(60(4,5)6)21-25-51(45)65(56(46)48)63(49)55(54)58/h13-33H,1-12H3. The van der Waals surface area contributed by atoms with Crippen molar-refractivity contribution in [3.05, 3.63) is 150 Å². The summed E-state index contributed by atoms with van der Waals surface area (Å²) in [5, 5.41) is 13.4. The summed E-state index contributed by atoms with van der Waals surface area (Å²) in [7, 11) is 0. The van der Waals surface area contributed by atoms with E-state index in [0.717, 1.165) is 0 Å². The fraction of sp³-hybridized carbons (Fsp3) is 0.258. The lowest BCUT2D eigenvalue weighted by atomic mass is 9.44. The van der Waals surface area contributed by atoms with Crippen LogP contribution in [0.15, 0.2) is 127 Å². The Balaban J connectivity index is 1.31. The SMILES string of the molecule is CC(C)(C)c1cc2ccc3c4c5c(c6ccc(c1)c2c36)-n1c2ccc(C(C)(C)C)cc2c2cc(C(C)(C)C)cc(c21)B5n1c2ccc(C(C)(C)C)cc2c2cc(-c3ccccc3)cc-4c21. The average molecular weight is 841 g/mol. The first kappa shape index (κ1) is 39.1. The summed E-state index contributed by atoms with van der Waals surface area (Å²) < 4.78 is 5.50. The number of aromatic nitrogens is 2. The molecule has 2 aliphatic heterocycles. The monoisotopic (exact) mass is 840 g/mol. The second kappa shape index (κ2) is 12.3. The van der Waals surface area contributed by atoms with Gasteiger partial charge in [-0.2, -0.15) is 0 Å². The Morgan fingerprint density at radius 3 is 1.58 bits per heavy atom. The molecule has 0 N–H and O–H groups in total. The molecule has 11 aromatic rings. The molecule has 0 spiro atoms. The summed E-state index contributed by atoms with van der Waals surface area (Å²) in [5.41, 5.74) is 20.1. The molecule has 2 nitrogen and oxygen atoms in total. The number of hydrogen-bond acceptors (Lipinski definition) is 0. The molecule has 3 heteroatoms. The van der Waals surface area contributed by atoms with Gasteiger partial charge in [-0.15, -0.1) is 0 Å². The Hall–Kier alpha value is -6.32. The lowest BCUT2D eigenvalue weighted by Crippen LogP contribution is -2.55. The van der Waals surface area contributed by atoms with Gasteiger partial charge in [0.15, 0.2) is 0 Å². The maximum atomic E-state index is 2.78. The van der Waals surface area contributed by atoms with Gasteiger partial charge >= 0.3 is 6.85 Å². The van der Waals surface area contributed by atoms with E-state index in [4.69, 9.17) is 0 Å². The highest BCUT2D eigenvalue weighted by Gasteiger charge is 2.44. The van der Waals surface area contributed by atoms with Crippen LogP contribution in [-0.2, 0) is 21.7 Å². The Kier molecular flexibility index (Phi) is 7.40. The van der Waals surface area contributed by atoms with Crippen molar-refractivity contribution in [2.24, 2.45) is 0 Å². The highest BCUT2D eigenvalue weighted by atomic mass is 15.0. The third-order valence-corrected chi connectivity index (χ3v) is 15.6. The van der Waals surface area contributed by atoms with E-state index in [2.05, 4.69) is 220 Å². The zero-order chi connectivity index (χ0) is 45.0. The number of fused-ring (bicyclic) bond motifs is 12. The van der Waals surface area contributed by atoms with E-state index in [1.165, 1.54) is 137 Å². The Morgan fingerprint density at radius 2 is 0.954 bits per heavy atom. The number of hydrogen-bond donors (Lipinski definition) is 0. The molecule has 318 valence electrons. The van der Waals surface area contributed by atoms with E-state index >= 15 is 0 Å². The molecule has 65 heavy (non-hydrogen) atoms. The van der Waals surface area contributed by atoms with Gasteiger partial charge in [-0.05, 0) is 136 Å². The second-order valence-corrected chi connectivity index (χ2v) is 23.9. The Bertz CT molecular complexity index is 3880. The molecule has 0 saturated heterocycles. The number of benzene rings is 9. The number of nitrogens with zero attached hydrogens (tertiary/aromatic N) is 2. The summed E-state index contributed by atoms with van der Waals surface area (Å²) in [5.74, 6) is 0. The molecule has 2 aliphatic rings. The number of rotatable bonds is 1. The van der Waals surface area contributed by atoms with Crippen LogP contribution in [0.4, 0.5) is 0 Å². The second-order valence-electron chi connectivity index (χ2n) is 23.9. The average Bonchev–Trinajstić information content (AvgIpc) is 3.77. The molecule has 0 unspecified atom stereocenters. The van der Waals surface area contributed by atoms with E-state index in [9.17, 15) is 0 Å². The van der Waals surface area contributed by atoms with Gasteiger partial charge < -0.3 is 9.05 Å². The predicted molar refractivity (Wildman–Crippen MR) is 284 cm³/mol. The van der Waals surface area contributed by atoms with Gasteiger partial charge in [0.1, 0.15) is 0 Å². The molecular weight excluding hydrogens is 784 g/mol. The van der Waals surface area contributed by atoms with Gasteiger partial charge in [0.05, 0.1) is 16.7 Å². The molecular formula is C62H57BN2. The Labute approximate surface area is 383 Å². The van der Waals surface area contributed by atoms with E-state index in [-0.39, 0.29) is 28.5 Å². The van der Waals surface area contributed by atoms with Gasteiger partial charge in [0.2, 0.25) is 0 Å². The lowest BCUT2D eigenvalue weighted by Gasteiger charge is -2.37. The minimum absolute atomic E-state index is 0.00198. The minimum atomic E-state index is -0.0595. The van der Waals surface area contributed by atoms with Crippen LogP contribution in [0, 0.1) is 0 Å². The molecule has 0 saturated carbocycles. The highest BCUT2D eigenvalue weighted by molar-refractivity contribution is 6.90. The van der Waals surface area contributed by atoms with Crippen molar-refractivity contribution in [3.63, 3.8) is 0 Å². The van der Waals surface area contributed by atoms with Crippen LogP contribution in [-0.4, -0.2) is 15.9 Å². The van der Waals surface area contributed by atoms with Gasteiger partial charge in [-0.3, -0.25) is 0 Å². The van der Waals surface area contributed by atoms with Crippen LogP contribution in [0.2, 0.25) is 0 Å². The predicted octanol–water partition coefficient (Wildman–Crippen LogP) is 15.6. The highest BCUT2D eigenvalue weighted by Crippen LogP contribution is 2.51. The molecule has 0 radical (unpaired) electrons. The van der Waals surface area contributed by atoms with E-state index in [0.29, 0.717) is 0 Å². The molecule has 0 atom stereocenters. The molecule has 4 heterocycles. The lowest BCUT2D eigenvalue weighted by molar-refractivity contribution is 0.590. The van der Waals surface area contributed by atoms with Crippen molar-refractivity contribution in [1.29, 1.82) is 0 Å². The summed E-state index contributed by atoms with van der Waals surface area (Å²) in [6.45, 7) is 28.2. The quantitative estimate of drug-likeness (QED) is 0.115. The third-order valence-electron chi connectivity index (χ3n) is 15.6. The third kappa shape index (κ3) is 5.19. The summed E-state index contributed by atoms with van der Waals surface area (Å²) in [6.07, 6.45) is 0. The van der Waals surface area contributed by atoms with Crippen LogP contribution < -0.4 is 10.9 Å². The molecule has 0 fully saturated rings. The fourth-order valence-electron chi connectivity index (χ4n) is 12.1. The normalized spacial score (nSPS) is 14.1. The first-order chi connectivity index (χ1) is 30.8. The van der Waals surface area contributed by atoms with E-state index in [1.54, 1.807) is 0 Å². The minimum Gasteiger partial charge on any atom is -0.375 e. The van der Waals surface area contributed by atoms with E-state index < -0.39 is 0 Å². The van der Waals surface area contributed by atoms with Crippen molar-refractivity contribution < 1.29 is 0 Å². The van der Waals surface area contributed by atoms with Crippen molar-refractivity contribution >= 4 is 93.7 Å². The Morgan fingerprint density at radius 1 is 0.400 bits per heavy atom. The first-order valence-electron chi connectivity index (χ1n) is 23.9. The van der Waals surface area contributed by atoms with Crippen LogP contribution >= 0.6 is 0 Å². The van der Waals surface area contributed by atoms with Crippen molar-refractivity contribution in [2.45, 2.75) is 105 Å². The largest absolute Gasteiger partial charge is 0.375 e. The topological polar surface area (TPSA) is 9.86 Å². The maximum absolute atomic E-state index is 2.78. The van der Waals surface area contributed by atoms with Gasteiger partial charge in [-0.25, -0.2) is 0 Å². The van der Waals surface area contributed by atoms with Crippen molar-refractivity contribution in [3.8, 4) is 27.9 Å². The summed E-state index contributed by atoms with van der Waals surface area (Å²) >= 11 is 0. The van der Waals surface area contributed by atoms with Gasteiger partial charge in [0.25, 0.3) is 0 Å². The van der Waals surface area contributed by atoms with Crippen LogP contribution in [0.1, 0.15) is 105 Å².